The van der Waals surface area contributed by atoms with E-state index in [1.165, 1.54) is 32.4 Å². The lowest BCUT2D eigenvalue weighted by Gasteiger charge is -2.17. The third-order valence-electron chi connectivity index (χ3n) is 2.62. The van der Waals surface area contributed by atoms with E-state index < -0.39 is 16.9 Å². The van der Waals surface area contributed by atoms with Gasteiger partial charge in [0.2, 0.25) is 0 Å². The lowest BCUT2D eigenvalue weighted by Crippen LogP contribution is -2.30. The van der Waals surface area contributed by atoms with Gasteiger partial charge in [-0.25, -0.2) is 4.79 Å². The molecule has 0 aliphatic heterocycles. The predicted molar refractivity (Wildman–Crippen MR) is 69.4 cm³/mol. The fourth-order valence-corrected chi connectivity index (χ4v) is 1.57. The number of non-ortho nitro benzene ring substituents is 1. The molecule has 1 N–H and O–H groups in total. The van der Waals surface area contributed by atoms with Gasteiger partial charge >= 0.3 is 5.97 Å². The van der Waals surface area contributed by atoms with Crippen molar-refractivity contribution in [1.29, 1.82) is 0 Å². The molecular weight excluding hydrogens is 252 g/mol. The number of nitro groups is 1. The van der Waals surface area contributed by atoms with Crippen LogP contribution >= 0.6 is 0 Å². The van der Waals surface area contributed by atoms with Crippen molar-refractivity contribution >= 4 is 17.3 Å². The summed E-state index contributed by atoms with van der Waals surface area (Å²) in [5.41, 5.74) is 0.430. The first-order chi connectivity index (χ1) is 9.03. The molecule has 0 amide bonds. The number of nitro benzene ring substituents is 1. The third-order valence-corrected chi connectivity index (χ3v) is 2.62. The maximum absolute atomic E-state index is 11.5. The Morgan fingerprint density at radius 1 is 1.47 bits per heavy atom. The molecule has 7 nitrogen and oxygen atoms in total. The number of benzene rings is 1. The van der Waals surface area contributed by atoms with Crippen LogP contribution in [0.4, 0.5) is 11.4 Å². The molecule has 1 aromatic carbocycles. The Balaban J connectivity index is 3.00. The monoisotopic (exact) mass is 268 g/mol. The number of hydrogen-bond acceptors (Lipinski definition) is 6. The van der Waals surface area contributed by atoms with E-state index in [0.29, 0.717) is 17.9 Å². The fraction of sp³-hybridized carbons (Fsp3) is 0.417. The van der Waals surface area contributed by atoms with Gasteiger partial charge in [-0.3, -0.25) is 10.1 Å². The molecule has 0 radical (unpaired) electrons. The standard InChI is InChI=1S/C12H16N2O5/c1-4-9(12(15)19-3)13-10-6-5-8(14(16)17)7-11(10)18-2/h5-7,9,13H,4H2,1-3H3. The predicted octanol–water partition coefficient (Wildman–Crippen LogP) is 1.97. The van der Waals surface area contributed by atoms with Crippen molar-refractivity contribution in [3.63, 3.8) is 0 Å². The zero-order valence-corrected chi connectivity index (χ0v) is 11.0. The highest BCUT2D eigenvalue weighted by Crippen LogP contribution is 2.29. The van der Waals surface area contributed by atoms with Gasteiger partial charge in [0.25, 0.3) is 5.69 Å². The summed E-state index contributed by atoms with van der Waals surface area (Å²) in [6.07, 6.45) is 0.521. The summed E-state index contributed by atoms with van der Waals surface area (Å²) < 4.78 is 9.74. The Kier molecular flexibility index (Phi) is 5.11. The minimum atomic E-state index is -0.527. The highest BCUT2D eigenvalue weighted by molar-refractivity contribution is 5.80. The number of carbonyl (C=O) groups is 1. The van der Waals surface area contributed by atoms with Crippen LogP contribution in [0.3, 0.4) is 0 Å². The number of hydrogen-bond donors (Lipinski definition) is 1. The molecule has 1 unspecified atom stereocenters. The summed E-state index contributed by atoms with van der Waals surface area (Å²) in [5, 5.41) is 13.6. The molecule has 1 rings (SSSR count). The number of nitrogens with one attached hydrogen (secondary N) is 1. The summed E-state index contributed by atoms with van der Waals surface area (Å²) in [7, 11) is 2.71. The first kappa shape index (κ1) is 14.7. The van der Waals surface area contributed by atoms with Crippen LogP contribution in [0.5, 0.6) is 5.75 Å². The first-order valence-corrected chi connectivity index (χ1v) is 5.70. The molecule has 0 spiro atoms. The minimum Gasteiger partial charge on any atom is -0.494 e. The average Bonchev–Trinajstić information content (AvgIpc) is 2.43. The van der Waals surface area contributed by atoms with Gasteiger partial charge in [0.15, 0.2) is 0 Å². The van der Waals surface area contributed by atoms with Gasteiger partial charge in [0.05, 0.1) is 30.9 Å². The molecule has 0 aliphatic rings. The molecule has 0 bridgehead atoms. The molecule has 19 heavy (non-hydrogen) atoms. The third kappa shape index (κ3) is 3.57. The summed E-state index contributed by atoms with van der Waals surface area (Å²) in [6.45, 7) is 1.83. The summed E-state index contributed by atoms with van der Waals surface area (Å²) in [6, 6.07) is 3.62. The van der Waals surface area contributed by atoms with Crippen LogP contribution in [0.2, 0.25) is 0 Å². The van der Waals surface area contributed by atoms with Crippen LogP contribution < -0.4 is 10.1 Å². The van der Waals surface area contributed by atoms with Gasteiger partial charge < -0.3 is 14.8 Å². The average molecular weight is 268 g/mol. The quantitative estimate of drug-likeness (QED) is 0.482. The van der Waals surface area contributed by atoms with Crippen molar-refractivity contribution in [3.05, 3.63) is 28.3 Å². The van der Waals surface area contributed by atoms with Gasteiger partial charge in [-0.2, -0.15) is 0 Å². The van der Waals surface area contributed by atoms with Gasteiger partial charge in [0.1, 0.15) is 11.8 Å². The van der Waals surface area contributed by atoms with E-state index in [1.807, 2.05) is 6.92 Å². The number of methoxy groups -OCH3 is 2. The molecule has 0 aliphatic carbocycles. The highest BCUT2D eigenvalue weighted by Gasteiger charge is 2.19. The van der Waals surface area contributed by atoms with Crippen molar-refractivity contribution < 1.29 is 19.2 Å². The highest BCUT2D eigenvalue weighted by atomic mass is 16.6. The molecule has 104 valence electrons. The van der Waals surface area contributed by atoms with E-state index in [2.05, 4.69) is 10.1 Å². The van der Waals surface area contributed by atoms with Crippen LogP contribution in [0.1, 0.15) is 13.3 Å². The van der Waals surface area contributed by atoms with Gasteiger partial charge in [-0.05, 0) is 12.5 Å². The van der Waals surface area contributed by atoms with Gasteiger partial charge in [0, 0.05) is 6.07 Å². The second-order valence-electron chi connectivity index (χ2n) is 3.77. The minimum absolute atomic E-state index is 0.0754. The van der Waals surface area contributed by atoms with Crippen LogP contribution in [-0.2, 0) is 9.53 Å². The Morgan fingerprint density at radius 3 is 2.63 bits per heavy atom. The number of rotatable bonds is 6. The fourth-order valence-electron chi connectivity index (χ4n) is 1.57. The van der Waals surface area contributed by atoms with Crippen molar-refractivity contribution in [2.75, 3.05) is 19.5 Å². The van der Waals surface area contributed by atoms with Gasteiger partial charge in [-0.15, -0.1) is 0 Å². The van der Waals surface area contributed by atoms with E-state index in [9.17, 15) is 14.9 Å². The molecule has 0 heterocycles. The molecule has 0 fully saturated rings. The Morgan fingerprint density at radius 2 is 2.16 bits per heavy atom. The number of carbonyl (C=O) groups excluding carboxylic acids is 1. The molecule has 0 aromatic heterocycles. The molecule has 0 saturated heterocycles. The topological polar surface area (TPSA) is 90.7 Å². The lowest BCUT2D eigenvalue weighted by atomic mass is 10.2. The summed E-state index contributed by atoms with van der Waals surface area (Å²) in [4.78, 5) is 21.6. The zero-order chi connectivity index (χ0) is 14.4. The van der Waals surface area contributed by atoms with E-state index in [-0.39, 0.29) is 5.69 Å². The van der Waals surface area contributed by atoms with E-state index in [0.717, 1.165) is 0 Å². The number of esters is 1. The Bertz CT molecular complexity index is 475. The van der Waals surface area contributed by atoms with Crippen LogP contribution in [0.15, 0.2) is 18.2 Å². The van der Waals surface area contributed by atoms with E-state index in [1.54, 1.807) is 0 Å². The number of anilines is 1. The summed E-state index contributed by atoms with van der Waals surface area (Å²) >= 11 is 0. The van der Waals surface area contributed by atoms with E-state index >= 15 is 0 Å². The van der Waals surface area contributed by atoms with Crippen LogP contribution in [0.25, 0.3) is 0 Å². The molecular formula is C12H16N2O5. The van der Waals surface area contributed by atoms with Crippen molar-refractivity contribution in [2.45, 2.75) is 19.4 Å². The maximum atomic E-state index is 11.5. The second kappa shape index (κ2) is 6.58. The van der Waals surface area contributed by atoms with Crippen LogP contribution in [0, 0.1) is 10.1 Å². The first-order valence-electron chi connectivity index (χ1n) is 5.70. The molecule has 7 heteroatoms. The number of nitrogens with zero attached hydrogens (tertiary/aromatic N) is 1. The lowest BCUT2D eigenvalue weighted by molar-refractivity contribution is -0.384. The SMILES string of the molecule is CCC(Nc1ccc([N+](=O)[O-])cc1OC)C(=O)OC. The van der Waals surface area contributed by atoms with E-state index in [4.69, 9.17) is 4.74 Å². The van der Waals surface area contributed by atoms with Crippen molar-refractivity contribution in [3.8, 4) is 5.75 Å². The molecule has 1 atom stereocenters. The normalized spacial score (nSPS) is 11.5. The largest absolute Gasteiger partial charge is 0.494 e. The number of ether oxygens (including phenoxy) is 2. The zero-order valence-electron chi connectivity index (χ0n) is 11.0. The van der Waals surface area contributed by atoms with Crippen LogP contribution in [-0.4, -0.2) is 31.2 Å². The van der Waals surface area contributed by atoms with Crippen molar-refractivity contribution in [1.82, 2.24) is 0 Å². The van der Waals surface area contributed by atoms with Gasteiger partial charge in [-0.1, -0.05) is 6.92 Å². The second-order valence-corrected chi connectivity index (χ2v) is 3.77. The smallest absolute Gasteiger partial charge is 0.328 e. The maximum Gasteiger partial charge on any atom is 0.328 e. The molecule has 1 aromatic rings. The Hall–Kier alpha value is -2.31. The van der Waals surface area contributed by atoms with Crippen molar-refractivity contribution in [2.24, 2.45) is 0 Å². The Labute approximate surface area is 110 Å². The molecule has 0 saturated carbocycles. The summed E-state index contributed by atoms with van der Waals surface area (Å²) in [5.74, 6) is -0.0977.